The minimum atomic E-state index is -0.00547. The molecule has 0 bridgehead atoms. The fraction of sp³-hybridized carbons (Fsp3) is 0.345. The molecule has 38 heavy (non-hydrogen) atoms. The maximum absolute atomic E-state index is 13.8. The van der Waals surface area contributed by atoms with Crippen LogP contribution in [0.15, 0.2) is 65.8 Å². The van der Waals surface area contributed by atoms with Crippen molar-refractivity contribution in [3.8, 4) is 28.5 Å². The first-order chi connectivity index (χ1) is 18.6. The van der Waals surface area contributed by atoms with Gasteiger partial charge in [-0.1, -0.05) is 57.5 Å². The molecule has 0 atom stereocenters. The van der Waals surface area contributed by atoms with E-state index in [2.05, 4.69) is 58.2 Å². The number of unbranched alkanes of at least 4 members (excludes halogenated alkanes) is 1. The van der Waals surface area contributed by atoms with Crippen LogP contribution in [0.5, 0.6) is 0 Å². The maximum atomic E-state index is 13.8. The minimum Gasteiger partial charge on any atom is -0.334 e. The summed E-state index contributed by atoms with van der Waals surface area (Å²) in [6.45, 7) is 7.83. The van der Waals surface area contributed by atoms with E-state index in [-0.39, 0.29) is 5.69 Å². The number of aromatic amines is 1. The number of benzene rings is 1. The zero-order chi connectivity index (χ0) is 26.5. The lowest BCUT2D eigenvalue weighted by Crippen LogP contribution is -2.26. The van der Waals surface area contributed by atoms with Crippen LogP contribution in [0.4, 0.5) is 0 Å². The Bertz CT molecular complexity index is 1540. The van der Waals surface area contributed by atoms with Gasteiger partial charge in [0, 0.05) is 42.0 Å². The summed E-state index contributed by atoms with van der Waals surface area (Å²) in [5, 5.41) is 14.3. The number of aromatic nitrogens is 8. The van der Waals surface area contributed by atoms with E-state index in [1.54, 1.807) is 0 Å². The van der Waals surface area contributed by atoms with Crippen molar-refractivity contribution in [3.63, 3.8) is 0 Å². The summed E-state index contributed by atoms with van der Waals surface area (Å²) in [7, 11) is 0. The number of nitrogens with one attached hydrogen (secondary N) is 1. The van der Waals surface area contributed by atoms with E-state index >= 15 is 0 Å². The summed E-state index contributed by atoms with van der Waals surface area (Å²) >= 11 is 0. The number of hydrogen-bond donors (Lipinski definition) is 1. The minimum absolute atomic E-state index is 0.00547. The number of pyridine rings is 1. The van der Waals surface area contributed by atoms with Crippen molar-refractivity contribution in [3.05, 3.63) is 88.4 Å². The third kappa shape index (κ3) is 4.96. The lowest BCUT2D eigenvalue weighted by atomic mass is 10.0. The highest BCUT2D eigenvalue weighted by Gasteiger charge is 2.18. The Morgan fingerprint density at radius 3 is 2.50 bits per heavy atom. The predicted octanol–water partition coefficient (Wildman–Crippen LogP) is 5.05. The Morgan fingerprint density at radius 2 is 1.82 bits per heavy atom. The second-order valence-electron chi connectivity index (χ2n) is 9.52. The van der Waals surface area contributed by atoms with Crippen LogP contribution >= 0.6 is 0 Å². The topological polar surface area (TPSA) is 99.2 Å². The molecule has 5 rings (SSSR count). The number of rotatable bonds is 11. The standard InChI is InChI=1S/C29H34N8O/c1-4-7-10-23-20-37(28-22(6-3)15-17-35(28)16-5-2)29(38)36(23)19-21-13-14-26(30-18-21)24-11-8-9-12-25(24)27-31-33-34-32-27/h8-9,11-15,17-18,20H,4-7,10,16,19H2,1-3H3,(H,31,32,33,34). The number of hydrogen-bond acceptors (Lipinski definition) is 5. The molecule has 196 valence electrons. The zero-order valence-corrected chi connectivity index (χ0v) is 22.3. The van der Waals surface area contributed by atoms with Crippen LogP contribution in [-0.2, 0) is 25.9 Å². The number of tetrazole rings is 1. The van der Waals surface area contributed by atoms with Gasteiger partial charge in [0.05, 0.1) is 12.2 Å². The average Bonchev–Trinajstić information content (AvgIpc) is 3.69. The van der Waals surface area contributed by atoms with E-state index in [1.807, 2.05) is 57.9 Å². The van der Waals surface area contributed by atoms with E-state index in [0.29, 0.717) is 12.4 Å². The Morgan fingerprint density at radius 1 is 0.974 bits per heavy atom. The van der Waals surface area contributed by atoms with Gasteiger partial charge in [-0.3, -0.25) is 14.1 Å². The largest absolute Gasteiger partial charge is 0.334 e. The molecule has 0 aliphatic carbocycles. The Kier molecular flexibility index (Phi) is 7.62. The van der Waals surface area contributed by atoms with Gasteiger partial charge >= 0.3 is 5.69 Å². The van der Waals surface area contributed by atoms with Crippen molar-refractivity contribution in [2.24, 2.45) is 0 Å². The quantitative estimate of drug-likeness (QED) is 0.268. The third-order valence-corrected chi connectivity index (χ3v) is 6.91. The molecule has 0 radical (unpaired) electrons. The summed E-state index contributed by atoms with van der Waals surface area (Å²) in [6, 6.07) is 14.1. The lowest BCUT2D eigenvalue weighted by molar-refractivity contribution is 0.642. The molecule has 0 unspecified atom stereocenters. The van der Waals surface area contributed by atoms with E-state index in [0.717, 1.165) is 72.5 Å². The second kappa shape index (κ2) is 11.4. The van der Waals surface area contributed by atoms with Crippen LogP contribution < -0.4 is 5.69 Å². The summed E-state index contributed by atoms with van der Waals surface area (Å²) in [6.07, 6.45) is 10.9. The van der Waals surface area contributed by atoms with E-state index < -0.39 is 0 Å². The van der Waals surface area contributed by atoms with Gasteiger partial charge in [0.25, 0.3) is 0 Å². The molecule has 0 aliphatic heterocycles. The molecule has 0 saturated carbocycles. The molecule has 4 heterocycles. The zero-order valence-electron chi connectivity index (χ0n) is 22.3. The van der Waals surface area contributed by atoms with Crippen molar-refractivity contribution < 1.29 is 0 Å². The molecule has 9 heteroatoms. The molecular weight excluding hydrogens is 476 g/mol. The molecule has 1 N–H and O–H groups in total. The van der Waals surface area contributed by atoms with Gasteiger partial charge in [-0.2, -0.15) is 0 Å². The fourth-order valence-corrected chi connectivity index (χ4v) is 4.95. The van der Waals surface area contributed by atoms with Crippen LogP contribution in [-0.4, -0.2) is 39.3 Å². The number of nitrogens with zero attached hydrogens (tertiary/aromatic N) is 7. The molecule has 0 saturated heterocycles. The number of imidazole rings is 1. The molecule has 0 spiro atoms. The van der Waals surface area contributed by atoms with Crippen molar-refractivity contribution in [1.29, 1.82) is 0 Å². The Balaban J connectivity index is 1.49. The van der Waals surface area contributed by atoms with Crippen molar-refractivity contribution in [2.75, 3.05) is 0 Å². The van der Waals surface area contributed by atoms with Gasteiger partial charge in [0.1, 0.15) is 5.82 Å². The summed E-state index contributed by atoms with van der Waals surface area (Å²) in [5.41, 5.74) is 5.85. The van der Waals surface area contributed by atoms with Crippen LogP contribution in [0.1, 0.15) is 56.9 Å². The van der Waals surface area contributed by atoms with E-state index in [1.165, 1.54) is 5.56 Å². The third-order valence-electron chi connectivity index (χ3n) is 6.91. The van der Waals surface area contributed by atoms with Gasteiger partial charge in [-0.15, -0.1) is 5.10 Å². The molecule has 5 aromatic rings. The summed E-state index contributed by atoms with van der Waals surface area (Å²) < 4.78 is 5.96. The smallest absolute Gasteiger partial charge is 0.334 e. The van der Waals surface area contributed by atoms with Crippen LogP contribution in [0.25, 0.3) is 28.5 Å². The van der Waals surface area contributed by atoms with Crippen molar-refractivity contribution in [1.82, 2.24) is 39.3 Å². The normalized spacial score (nSPS) is 11.3. The Labute approximate surface area is 222 Å². The van der Waals surface area contributed by atoms with Gasteiger partial charge in [-0.05, 0) is 59.4 Å². The predicted molar refractivity (Wildman–Crippen MR) is 148 cm³/mol. The van der Waals surface area contributed by atoms with Crippen molar-refractivity contribution in [2.45, 2.75) is 66.0 Å². The molecule has 0 fully saturated rings. The molecule has 0 aliphatic rings. The SMILES string of the molecule is CCCCc1cn(-c2c(CC)ccn2CCC)c(=O)n1Cc1ccc(-c2ccccc2-c2nnn[nH]2)nc1. The molecule has 0 amide bonds. The number of aryl methyl sites for hydroxylation is 3. The highest BCUT2D eigenvalue weighted by atomic mass is 16.1. The van der Waals surface area contributed by atoms with Crippen LogP contribution in [0.3, 0.4) is 0 Å². The highest BCUT2D eigenvalue weighted by Crippen LogP contribution is 2.28. The first-order valence-electron chi connectivity index (χ1n) is 13.4. The molecule has 4 aromatic heterocycles. The second-order valence-corrected chi connectivity index (χ2v) is 9.52. The van der Waals surface area contributed by atoms with Gasteiger partial charge < -0.3 is 4.57 Å². The lowest BCUT2D eigenvalue weighted by Gasteiger charge is -2.11. The van der Waals surface area contributed by atoms with E-state index in [4.69, 9.17) is 4.98 Å². The van der Waals surface area contributed by atoms with Gasteiger partial charge in [0.2, 0.25) is 0 Å². The average molecular weight is 511 g/mol. The first kappa shape index (κ1) is 25.4. The van der Waals surface area contributed by atoms with E-state index in [9.17, 15) is 4.79 Å². The summed E-state index contributed by atoms with van der Waals surface area (Å²) in [4.78, 5) is 18.6. The highest BCUT2D eigenvalue weighted by molar-refractivity contribution is 5.78. The summed E-state index contributed by atoms with van der Waals surface area (Å²) in [5.74, 6) is 1.59. The first-order valence-corrected chi connectivity index (χ1v) is 13.4. The maximum Gasteiger partial charge on any atom is 0.334 e. The van der Waals surface area contributed by atoms with Crippen LogP contribution in [0.2, 0.25) is 0 Å². The monoisotopic (exact) mass is 510 g/mol. The molecule has 9 nitrogen and oxygen atoms in total. The molecule has 1 aromatic carbocycles. The number of H-pyrrole nitrogens is 1. The van der Waals surface area contributed by atoms with Gasteiger partial charge in [0.15, 0.2) is 5.82 Å². The fourth-order valence-electron chi connectivity index (χ4n) is 4.95. The van der Waals surface area contributed by atoms with Crippen molar-refractivity contribution >= 4 is 0 Å². The van der Waals surface area contributed by atoms with Crippen LogP contribution in [0, 0.1) is 0 Å². The molecular formula is C29H34N8O. The van der Waals surface area contributed by atoms with Gasteiger partial charge in [-0.25, -0.2) is 9.89 Å². The Hall–Kier alpha value is -4.27.